The molecule has 0 bridgehead atoms. The molecule has 156 valence electrons. The van der Waals surface area contributed by atoms with Gasteiger partial charge < -0.3 is 19.6 Å². The second-order valence-corrected chi connectivity index (χ2v) is 6.75. The van der Waals surface area contributed by atoms with Crippen LogP contribution in [0.2, 0.25) is 0 Å². The maximum absolute atomic E-state index is 13.1. The van der Waals surface area contributed by atoms with Gasteiger partial charge in [0.05, 0.1) is 18.2 Å². The Balaban J connectivity index is 0.000000806. The van der Waals surface area contributed by atoms with Crippen LogP contribution in [0.1, 0.15) is 15.9 Å². The van der Waals surface area contributed by atoms with Gasteiger partial charge >= 0.3 is 0 Å². The highest BCUT2D eigenvalue weighted by Gasteiger charge is 2.26. The third-order valence-corrected chi connectivity index (χ3v) is 5.06. The number of piperazine rings is 1. The molecule has 1 aromatic heterocycles. The highest BCUT2D eigenvalue weighted by Crippen LogP contribution is 2.26. The molecule has 2 aromatic carbocycles. The molecule has 1 saturated heterocycles. The number of carboxylic acid groups (broad SMARTS) is 1. The standard InChI is InChI=1S/C21H22N4O2.CH2O2/c1-15-6-5-9-18(27-2)19(15)21(26)25-12-10-24(11-13-25)20-16-7-3-4-8-17(16)22-14-23-20;2-1-3/h3-9,14H,10-13H2,1-2H3;1H,(H,2,3). The second-order valence-electron chi connectivity index (χ2n) is 6.75. The SMILES string of the molecule is COc1cccc(C)c1C(=O)N1CCN(c2ncnc3ccccc23)CC1.O=CO. The molecule has 1 amide bonds. The van der Waals surface area contributed by atoms with Gasteiger partial charge in [0.25, 0.3) is 12.4 Å². The first kappa shape index (κ1) is 21.0. The summed E-state index contributed by atoms with van der Waals surface area (Å²) in [6, 6.07) is 13.7. The summed E-state index contributed by atoms with van der Waals surface area (Å²) in [5, 5.41) is 7.93. The van der Waals surface area contributed by atoms with Crippen molar-refractivity contribution in [2.75, 3.05) is 38.2 Å². The number of carbonyl (C=O) groups excluding carboxylic acids is 1. The van der Waals surface area contributed by atoms with Crippen LogP contribution in [0.3, 0.4) is 0 Å². The number of ether oxygens (including phenoxy) is 1. The van der Waals surface area contributed by atoms with Gasteiger partial charge in [0.1, 0.15) is 17.9 Å². The van der Waals surface area contributed by atoms with Gasteiger partial charge in [-0.05, 0) is 30.7 Å². The van der Waals surface area contributed by atoms with Crippen molar-refractivity contribution in [1.82, 2.24) is 14.9 Å². The molecule has 0 aliphatic carbocycles. The number of hydrogen-bond donors (Lipinski definition) is 1. The lowest BCUT2D eigenvalue weighted by Crippen LogP contribution is -2.49. The molecule has 0 saturated carbocycles. The van der Waals surface area contributed by atoms with Crippen molar-refractivity contribution >= 4 is 29.1 Å². The molecule has 1 aliphatic heterocycles. The molecule has 0 spiro atoms. The van der Waals surface area contributed by atoms with Crippen LogP contribution in [-0.2, 0) is 4.79 Å². The Morgan fingerprint density at radius 1 is 1.07 bits per heavy atom. The fourth-order valence-corrected chi connectivity index (χ4v) is 3.61. The summed E-state index contributed by atoms with van der Waals surface area (Å²) in [7, 11) is 1.60. The van der Waals surface area contributed by atoms with Crippen LogP contribution in [0.5, 0.6) is 5.75 Å². The fraction of sp³-hybridized carbons (Fsp3) is 0.273. The Bertz CT molecular complexity index is 1030. The van der Waals surface area contributed by atoms with Gasteiger partial charge in [0.2, 0.25) is 0 Å². The molecular weight excluding hydrogens is 384 g/mol. The van der Waals surface area contributed by atoms with E-state index in [2.05, 4.69) is 14.9 Å². The number of nitrogens with zero attached hydrogens (tertiary/aromatic N) is 4. The summed E-state index contributed by atoms with van der Waals surface area (Å²) in [5.74, 6) is 1.59. The summed E-state index contributed by atoms with van der Waals surface area (Å²) in [6.45, 7) is 4.46. The van der Waals surface area contributed by atoms with Crippen LogP contribution in [0.15, 0.2) is 48.8 Å². The van der Waals surface area contributed by atoms with E-state index in [1.54, 1.807) is 13.4 Å². The van der Waals surface area contributed by atoms with E-state index in [0.29, 0.717) is 24.4 Å². The van der Waals surface area contributed by atoms with Gasteiger partial charge in [-0.25, -0.2) is 9.97 Å². The number of carbonyl (C=O) groups is 2. The third-order valence-electron chi connectivity index (χ3n) is 5.06. The zero-order chi connectivity index (χ0) is 21.5. The first-order valence-electron chi connectivity index (χ1n) is 9.56. The smallest absolute Gasteiger partial charge is 0.290 e. The lowest BCUT2D eigenvalue weighted by Gasteiger charge is -2.36. The lowest BCUT2D eigenvalue weighted by atomic mass is 10.1. The van der Waals surface area contributed by atoms with Crippen LogP contribution >= 0.6 is 0 Å². The van der Waals surface area contributed by atoms with E-state index in [1.807, 2.05) is 54.3 Å². The molecule has 4 rings (SSSR count). The normalized spacial score (nSPS) is 13.4. The van der Waals surface area contributed by atoms with Crippen molar-refractivity contribution in [3.8, 4) is 5.75 Å². The second kappa shape index (κ2) is 9.69. The molecule has 8 heteroatoms. The van der Waals surface area contributed by atoms with Crippen molar-refractivity contribution in [2.24, 2.45) is 0 Å². The summed E-state index contributed by atoms with van der Waals surface area (Å²) in [5.41, 5.74) is 2.52. The van der Waals surface area contributed by atoms with E-state index in [4.69, 9.17) is 14.6 Å². The molecule has 0 unspecified atom stereocenters. The predicted molar refractivity (Wildman–Crippen MR) is 114 cm³/mol. The average molecular weight is 408 g/mol. The van der Waals surface area contributed by atoms with Crippen LogP contribution in [-0.4, -0.2) is 65.6 Å². The van der Waals surface area contributed by atoms with Crippen LogP contribution in [0, 0.1) is 6.92 Å². The maximum Gasteiger partial charge on any atom is 0.290 e. The van der Waals surface area contributed by atoms with E-state index >= 15 is 0 Å². The van der Waals surface area contributed by atoms with Crippen molar-refractivity contribution in [1.29, 1.82) is 0 Å². The number of fused-ring (bicyclic) bond motifs is 1. The minimum Gasteiger partial charge on any atom is -0.496 e. The van der Waals surface area contributed by atoms with Crippen molar-refractivity contribution in [3.63, 3.8) is 0 Å². The first-order valence-corrected chi connectivity index (χ1v) is 9.56. The number of amides is 1. The number of aryl methyl sites for hydroxylation is 1. The summed E-state index contributed by atoms with van der Waals surface area (Å²) in [6.07, 6.45) is 1.60. The number of anilines is 1. The first-order chi connectivity index (χ1) is 14.6. The number of rotatable bonds is 3. The zero-order valence-corrected chi connectivity index (χ0v) is 17.0. The van der Waals surface area contributed by atoms with Gasteiger partial charge in [0, 0.05) is 31.6 Å². The molecule has 0 radical (unpaired) electrons. The van der Waals surface area contributed by atoms with E-state index in [0.717, 1.165) is 35.4 Å². The quantitative estimate of drug-likeness (QED) is 0.666. The number of methoxy groups -OCH3 is 1. The van der Waals surface area contributed by atoms with Gasteiger partial charge in [-0.1, -0.05) is 24.3 Å². The molecule has 1 fully saturated rings. The van der Waals surface area contributed by atoms with E-state index in [1.165, 1.54) is 0 Å². The molecule has 1 N–H and O–H groups in total. The van der Waals surface area contributed by atoms with Gasteiger partial charge in [-0.3, -0.25) is 9.59 Å². The third kappa shape index (κ3) is 4.32. The Hall–Kier alpha value is -3.68. The zero-order valence-electron chi connectivity index (χ0n) is 17.0. The monoisotopic (exact) mass is 408 g/mol. The topological polar surface area (TPSA) is 95.9 Å². The highest BCUT2D eigenvalue weighted by molar-refractivity contribution is 5.98. The summed E-state index contributed by atoms with van der Waals surface area (Å²) < 4.78 is 5.40. The minimum atomic E-state index is -0.250. The fourth-order valence-electron chi connectivity index (χ4n) is 3.61. The van der Waals surface area contributed by atoms with E-state index < -0.39 is 0 Å². The Kier molecular flexibility index (Phi) is 6.79. The summed E-state index contributed by atoms with van der Waals surface area (Å²) in [4.78, 5) is 34.4. The average Bonchev–Trinajstić information content (AvgIpc) is 2.78. The molecule has 0 atom stereocenters. The number of hydrogen-bond acceptors (Lipinski definition) is 6. The largest absolute Gasteiger partial charge is 0.496 e. The molecular formula is C22H24N4O4. The predicted octanol–water partition coefficient (Wildman–Crippen LogP) is 2.61. The number of benzene rings is 2. The molecule has 1 aliphatic rings. The number of para-hydroxylation sites is 1. The molecule has 8 nitrogen and oxygen atoms in total. The lowest BCUT2D eigenvalue weighted by molar-refractivity contribution is -0.122. The minimum absolute atomic E-state index is 0.0251. The van der Waals surface area contributed by atoms with Gasteiger partial charge in [-0.2, -0.15) is 0 Å². The molecule has 2 heterocycles. The number of aromatic nitrogens is 2. The maximum atomic E-state index is 13.1. The van der Waals surface area contributed by atoms with Crippen LogP contribution in [0.4, 0.5) is 5.82 Å². The van der Waals surface area contributed by atoms with E-state index in [9.17, 15) is 4.79 Å². The van der Waals surface area contributed by atoms with Crippen LogP contribution < -0.4 is 9.64 Å². The van der Waals surface area contributed by atoms with Crippen LogP contribution in [0.25, 0.3) is 10.9 Å². The Morgan fingerprint density at radius 2 is 1.77 bits per heavy atom. The Labute approximate surface area is 174 Å². The van der Waals surface area contributed by atoms with Crippen molar-refractivity contribution in [3.05, 3.63) is 59.9 Å². The van der Waals surface area contributed by atoms with Gasteiger partial charge in [-0.15, -0.1) is 0 Å². The summed E-state index contributed by atoms with van der Waals surface area (Å²) >= 11 is 0. The Morgan fingerprint density at radius 3 is 2.47 bits per heavy atom. The molecule has 3 aromatic rings. The van der Waals surface area contributed by atoms with E-state index in [-0.39, 0.29) is 12.4 Å². The van der Waals surface area contributed by atoms with Crippen molar-refractivity contribution < 1.29 is 19.4 Å². The highest BCUT2D eigenvalue weighted by atomic mass is 16.5. The van der Waals surface area contributed by atoms with Gasteiger partial charge in [0.15, 0.2) is 0 Å². The molecule has 30 heavy (non-hydrogen) atoms. The van der Waals surface area contributed by atoms with Crippen molar-refractivity contribution in [2.45, 2.75) is 6.92 Å².